The van der Waals surface area contributed by atoms with Gasteiger partial charge in [-0.25, -0.2) is 9.97 Å². The molecule has 0 amide bonds. The normalized spacial score (nSPS) is 11.7. The molecule has 3 aromatic heterocycles. The van der Waals surface area contributed by atoms with Crippen molar-refractivity contribution in [2.45, 2.75) is 26.2 Å². The molecule has 7 aromatic rings. The van der Waals surface area contributed by atoms with Crippen molar-refractivity contribution in [1.29, 1.82) is 0 Å². The van der Waals surface area contributed by atoms with Gasteiger partial charge >= 0.3 is 0 Å². The van der Waals surface area contributed by atoms with Crippen molar-refractivity contribution < 1.29 is 5.11 Å². The van der Waals surface area contributed by atoms with Gasteiger partial charge in [0.2, 0.25) is 0 Å². The van der Waals surface area contributed by atoms with E-state index in [-0.39, 0.29) is 11.2 Å². The van der Waals surface area contributed by atoms with Crippen LogP contribution in [0.3, 0.4) is 0 Å². The third-order valence-corrected chi connectivity index (χ3v) is 7.88. The van der Waals surface area contributed by atoms with E-state index >= 15 is 0 Å². The minimum atomic E-state index is -0.105. The lowest BCUT2D eigenvalue weighted by atomic mass is 9.85. The molecule has 43 heavy (non-hydrogen) atoms. The lowest BCUT2D eigenvalue weighted by Crippen LogP contribution is -2.15. The Labute approximate surface area is 251 Å². The van der Waals surface area contributed by atoms with Crippen LogP contribution in [0.2, 0.25) is 0 Å². The summed E-state index contributed by atoms with van der Waals surface area (Å²) in [6.07, 6.45) is 1.83. The van der Waals surface area contributed by atoms with E-state index in [4.69, 9.17) is 9.97 Å². The van der Waals surface area contributed by atoms with Crippen molar-refractivity contribution >= 4 is 39.1 Å². The average Bonchev–Trinajstić information content (AvgIpc) is 3.35. The van der Waals surface area contributed by atoms with Gasteiger partial charge in [0.25, 0.3) is 0 Å². The minimum Gasteiger partial charge on any atom is -0.506 e. The number of phenols is 1. The van der Waals surface area contributed by atoms with E-state index in [9.17, 15) is 5.11 Å². The van der Waals surface area contributed by atoms with Crippen LogP contribution in [0.4, 0.5) is 17.2 Å². The smallest absolute Gasteiger partial charge is 0.146 e. The monoisotopic (exact) mass is 560 g/mol. The van der Waals surface area contributed by atoms with E-state index in [1.807, 2.05) is 72.9 Å². The Morgan fingerprint density at radius 1 is 0.674 bits per heavy atom. The van der Waals surface area contributed by atoms with Gasteiger partial charge in [-0.05, 0) is 83.8 Å². The molecule has 0 radical (unpaired) electrons. The molecule has 0 unspecified atom stereocenters. The second kappa shape index (κ2) is 10.4. The minimum absolute atomic E-state index is 0.105. The van der Waals surface area contributed by atoms with Gasteiger partial charge < -0.3 is 5.11 Å². The molecule has 210 valence electrons. The van der Waals surface area contributed by atoms with Crippen LogP contribution in [-0.4, -0.2) is 19.6 Å². The summed E-state index contributed by atoms with van der Waals surface area (Å²) in [5, 5.41) is 13.0. The summed E-state index contributed by atoms with van der Waals surface area (Å²) >= 11 is 0. The highest BCUT2D eigenvalue weighted by Gasteiger charge is 2.22. The molecule has 7 rings (SSSR count). The first-order valence-corrected chi connectivity index (χ1v) is 14.5. The number of benzene rings is 4. The fourth-order valence-electron chi connectivity index (χ4n) is 5.70. The molecule has 0 aliphatic carbocycles. The Bertz CT molecular complexity index is 2040. The zero-order valence-electron chi connectivity index (χ0n) is 24.4. The van der Waals surface area contributed by atoms with Gasteiger partial charge in [0, 0.05) is 33.9 Å². The van der Waals surface area contributed by atoms with Crippen molar-refractivity contribution in [2.24, 2.45) is 0 Å². The summed E-state index contributed by atoms with van der Waals surface area (Å²) in [6, 6.07) is 42.9. The van der Waals surface area contributed by atoms with Crippen molar-refractivity contribution in [1.82, 2.24) is 14.5 Å². The highest BCUT2D eigenvalue weighted by atomic mass is 16.3. The molecule has 0 spiro atoms. The Morgan fingerprint density at radius 2 is 1.42 bits per heavy atom. The van der Waals surface area contributed by atoms with Crippen molar-refractivity contribution in [3.8, 4) is 22.7 Å². The number of aromatic hydroxyl groups is 1. The number of phenolic OH excluding ortho intramolecular Hbond substituents is 1. The van der Waals surface area contributed by atoms with Crippen molar-refractivity contribution in [3.63, 3.8) is 0 Å². The number of fused-ring (bicyclic) bond motifs is 3. The predicted molar refractivity (Wildman–Crippen MR) is 177 cm³/mol. The van der Waals surface area contributed by atoms with E-state index in [0.29, 0.717) is 5.69 Å². The van der Waals surface area contributed by atoms with Crippen LogP contribution in [0.5, 0.6) is 5.75 Å². The van der Waals surface area contributed by atoms with E-state index in [2.05, 4.69) is 84.8 Å². The van der Waals surface area contributed by atoms with Crippen molar-refractivity contribution in [2.75, 3.05) is 4.90 Å². The average molecular weight is 561 g/mol. The van der Waals surface area contributed by atoms with Crippen LogP contribution >= 0.6 is 0 Å². The van der Waals surface area contributed by atoms with Gasteiger partial charge in [-0.2, -0.15) is 0 Å². The molecule has 0 saturated carbocycles. The predicted octanol–water partition coefficient (Wildman–Crippen LogP) is 9.71. The summed E-state index contributed by atoms with van der Waals surface area (Å²) in [6.45, 7) is 6.70. The van der Waals surface area contributed by atoms with Gasteiger partial charge in [-0.3, -0.25) is 9.47 Å². The molecule has 4 aromatic carbocycles. The lowest BCUT2D eigenvalue weighted by Gasteiger charge is -2.28. The van der Waals surface area contributed by atoms with E-state index in [1.54, 1.807) is 6.07 Å². The van der Waals surface area contributed by atoms with Crippen LogP contribution in [0.1, 0.15) is 26.3 Å². The molecule has 0 saturated heterocycles. The van der Waals surface area contributed by atoms with Gasteiger partial charge in [0.15, 0.2) is 0 Å². The third-order valence-electron chi connectivity index (χ3n) is 7.88. The summed E-state index contributed by atoms with van der Waals surface area (Å²) in [7, 11) is 0. The molecule has 5 heteroatoms. The summed E-state index contributed by atoms with van der Waals surface area (Å²) in [5.41, 5.74) is 7.49. The van der Waals surface area contributed by atoms with E-state index < -0.39 is 0 Å². The molecule has 0 aliphatic rings. The molecule has 0 fully saturated rings. The van der Waals surface area contributed by atoms with Gasteiger partial charge in [0.1, 0.15) is 17.2 Å². The number of nitrogens with zero attached hydrogens (tertiary/aromatic N) is 4. The number of para-hydroxylation sites is 4. The maximum absolute atomic E-state index is 10.9. The number of hydrogen-bond donors (Lipinski definition) is 1. The fraction of sp³-hybridized carbons (Fsp3) is 0.105. The number of pyridine rings is 2. The first-order valence-electron chi connectivity index (χ1n) is 14.5. The highest BCUT2D eigenvalue weighted by molar-refractivity contribution is 6.08. The Morgan fingerprint density at radius 3 is 2.19 bits per heavy atom. The van der Waals surface area contributed by atoms with Gasteiger partial charge in [-0.15, -0.1) is 0 Å². The largest absolute Gasteiger partial charge is 0.506 e. The highest BCUT2D eigenvalue weighted by Crippen LogP contribution is 2.40. The Hall–Kier alpha value is -5.42. The number of hydrogen-bond acceptors (Lipinski definition) is 4. The molecular formula is C38H32N4O. The molecule has 0 bridgehead atoms. The topological polar surface area (TPSA) is 54.2 Å². The van der Waals surface area contributed by atoms with Crippen molar-refractivity contribution in [3.05, 3.63) is 139 Å². The summed E-state index contributed by atoms with van der Waals surface area (Å²) in [5.74, 6) is 1.05. The Balaban J connectivity index is 1.48. The van der Waals surface area contributed by atoms with Gasteiger partial charge in [-0.1, -0.05) is 75.4 Å². The fourth-order valence-corrected chi connectivity index (χ4v) is 5.70. The zero-order chi connectivity index (χ0) is 29.6. The number of aromatic nitrogens is 3. The summed E-state index contributed by atoms with van der Waals surface area (Å²) in [4.78, 5) is 12.2. The lowest BCUT2D eigenvalue weighted by molar-refractivity contribution is 0.473. The first kappa shape index (κ1) is 26.5. The molecule has 1 N–H and O–H groups in total. The van der Waals surface area contributed by atoms with Crippen LogP contribution in [0.25, 0.3) is 38.9 Å². The Kier molecular flexibility index (Phi) is 6.43. The maximum atomic E-state index is 10.9. The SMILES string of the molecule is CC(C)(C)c1cc(-c2ccc3c4ccccc4n(-c4ccccc4O)c3n2)cc(N(c2ccccc2)c2ccccn2)c1. The second-order valence-corrected chi connectivity index (χ2v) is 11.8. The third kappa shape index (κ3) is 4.79. The molecule has 0 atom stereocenters. The zero-order valence-corrected chi connectivity index (χ0v) is 24.4. The first-order chi connectivity index (χ1) is 20.9. The van der Waals surface area contributed by atoms with Gasteiger partial charge in [0.05, 0.1) is 16.9 Å². The molecule has 3 heterocycles. The standard InChI is InChI=1S/C38H32N4O/c1-38(2,3)27-23-26(24-29(25-27)41(28-13-5-4-6-14-28)36-19-11-12-22-39-36)32-21-20-31-30-15-7-8-16-33(30)42(37(31)40-32)34-17-9-10-18-35(34)43/h4-25,43H,1-3H3. The molecular weight excluding hydrogens is 528 g/mol. The molecule has 5 nitrogen and oxygen atoms in total. The molecule has 0 aliphatic heterocycles. The quantitative estimate of drug-likeness (QED) is 0.228. The number of rotatable bonds is 5. The summed E-state index contributed by atoms with van der Waals surface area (Å²) < 4.78 is 2.06. The number of anilines is 3. The van der Waals surface area contributed by atoms with Crippen LogP contribution in [0, 0.1) is 0 Å². The maximum Gasteiger partial charge on any atom is 0.146 e. The van der Waals surface area contributed by atoms with Crippen LogP contribution in [0.15, 0.2) is 134 Å². The van der Waals surface area contributed by atoms with Crippen LogP contribution < -0.4 is 4.90 Å². The van der Waals surface area contributed by atoms with E-state index in [0.717, 1.165) is 50.4 Å². The second-order valence-electron chi connectivity index (χ2n) is 11.8. The van der Waals surface area contributed by atoms with E-state index in [1.165, 1.54) is 5.56 Å². The van der Waals surface area contributed by atoms with Crippen LogP contribution in [-0.2, 0) is 5.41 Å².